The van der Waals surface area contributed by atoms with Gasteiger partial charge in [-0.15, -0.1) is 5.10 Å². The van der Waals surface area contributed by atoms with E-state index < -0.39 is 5.97 Å². The van der Waals surface area contributed by atoms with Crippen molar-refractivity contribution in [2.24, 2.45) is 0 Å². The molecule has 0 aliphatic rings. The predicted octanol–water partition coefficient (Wildman–Crippen LogP) is 2.27. The number of aromatic hydroxyl groups is 1. The van der Waals surface area contributed by atoms with Crippen molar-refractivity contribution in [2.75, 3.05) is 0 Å². The Morgan fingerprint density at radius 3 is 2.36 bits per heavy atom. The zero-order chi connectivity index (χ0) is 15.5. The second-order valence-corrected chi connectivity index (χ2v) is 4.75. The van der Waals surface area contributed by atoms with E-state index >= 15 is 0 Å². The molecule has 6 heteroatoms. The van der Waals surface area contributed by atoms with Crippen LogP contribution in [0.1, 0.15) is 5.69 Å². The summed E-state index contributed by atoms with van der Waals surface area (Å²) in [6.45, 7) is 0. The average molecular weight is 295 g/mol. The van der Waals surface area contributed by atoms with E-state index in [9.17, 15) is 9.90 Å². The zero-order valence-electron chi connectivity index (χ0n) is 11.5. The Kier molecular flexibility index (Phi) is 3.57. The van der Waals surface area contributed by atoms with E-state index in [-0.39, 0.29) is 12.2 Å². The maximum absolute atomic E-state index is 11.0. The second kappa shape index (κ2) is 5.69. The fourth-order valence-corrected chi connectivity index (χ4v) is 2.23. The molecule has 6 nitrogen and oxygen atoms in total. The van der Waals surface area contributed by atoms with Crippen LogP contribution in [0.15, 0.2) is 54.6 Å². The number of aliphatic carboxylic acids is 1. The lowest BCUT2D eigenvalue weighted by Crippen LogP contribution is -2.04. The normalized spacial score (nSPS) is 10.5. The van der Waals surface area contributed by atoms with Gasteiger partial charge < -0.3 is 10.2 Å². The molecule has 0 radical (unpaired) electrons. The summed E-state index contributed by atoms with van der Waals surface area (Å²) in [5.74, 6) is -0.814. The Hall–Kier alpha value is -3.15. The van der Waals surface area contributed by atoms with Crippen LogP contribution in [0.2, 0.25) is 0 Å². The van der Waals surface area contributed by atoms with Crippen LogP contribution in [0.25, 0.3) is 16.9 Å². The molecule has 0 saturated heterocycles. The summed E-state index contributed by atoms with van der Waals surface area (Å²) < 4.78 is 1.58. The van der Waals surface area contributed by atoms with Gasteiger partial charge in [0.1, 0.15) is 11.4 Å². The Bertz CT molecular complexity index is 795. The number of carboxylic acid groups (broad SMARTS) is 1. The number of phenolic OH excluding ortho intramolecular Hbond substituents is 1. The van der Waals surface area contributed by atoms with Crippen LogP contribution in [0.5, 0.6) is 5.75 Å². The number of rotatable bonds is 4. The zero-order valence-corrected chi connectivity index (χ0v) is 11.5. The summed E-state index contributed by atoms with van der Waals surface area (Å²) in [6.07, 6.45) is -0.206. The van der Waals surface area contributed by atoms with Crippen molar-refractivity contribution in [3.05, 3.63) is 60.3 Å². The Balaban J connectivity index is 2.16. The molecule has 3 aromatic rings. The Labute approximate surface area is 126 Å². The van der Waals surface area contributed by atoms with Crippen LogP contribution in [0.4, 0.5) is 0 Å². The molecule has 110 valence electrons. The molecule has 3 rings (SSSR count). The van der Waals surface area contributed by atoms with Gasteiger partial charge in [0, 0.05) is 5.56 Å². The molecule has 0 aliphatic heterocycles. The topological polar surface area (TPSA) is 88.2 Å². The number of carbonyl (C=O) groups is 1. The van der Waals surface area contributed by atoms with Crippen LogP contribution in [-0.4, -0.2) is 31.2 Å². The van der Waals surface area contributed by atoms with Gasteiger partial charge in [0.2, 0.25) is 0 Å². The largest absolute Gasteiger partial charge is 0.508 e. The fourth-order valence-electron chi connectivity index (χ4n) is 2.23. The SMILES string of the molecule is O=C(O)Cc1nnn(-c2ccc(O)cc2)c1-c1ccccc1. The third-order valence-corrected chi connectivity index (χ3v) is 3.20. The van der Waals surface area contributed by atoms with Crippen molar-refractivity contribution < 1.29 is 15.0 Å². The number of hydrogen-bond donors (Lipinski definition) is 2. The van der Waals surface area contributed by atoms with E-state index in [2.05, 4.69) is 10.3 Å². The molecule has 0 fully saturated rings. The molecule has 0 spiro atoms. The van der Waals surface area contributed by atoms with E-state index in [4.69, 9.17) is 5.11 Å². The third-order valence-electron chi connectivity index (χ3n) is 3.20. The number of benzene rings is 2. The van der Waals surface area contributed by atoms with Gasteiger partial charge in [-0.05, 0) is 24.3 Å². The van der Waals surface area contributed by atoms with Gasteiger partial charge in [-0.2, -0.15) is 0 Å². The highest BCUT2D eigenvalue weighted by Crippen LogP contribution is 2.26. The molecule has 0 saturated carbocycles. The van der Waals surface area contributed by atoms with E-state index in [0.717, 1.165) is 5.56 Å². The van der Waals surface area contributed by atoms with Crippen LogP contribution >= 0.6 is 0 Å². The van der Waals surface area contributed by atoms with E-state index in [1.165, 1.54) is 0 Å². The van der Waals surface area contributed by atoms with Gasteiger partial charge >= 0.3 is 5.97 Å². The molecule has 0 amide bonds. The lowest BCUT2D eigenvalue weighted by atomic mass is 10.1. The lowest BCUT2D eigenvalue weighted by Gasteiger charge is -2.08. The third kappa shape index (κ3) is 2.67. The van der Waals surface area contributed by atoms with Gasteiger partial charge in [-0.1, -0.05) is 35.5 Å². The van der Waals surface area contributed by atoms with Crippen LogP contribution in [-0.2, 0) is 11.2 Å². The number of nitrogens with zero attached hydrogens (tertiary/aromatic N) is 3. The molecular weight excluding hydrogens is 282 g/mol. The maximum atomic E-state index is 11.0. The van der Waals surface area contributed by atoms with Crippen molar-refractivity contribution in [3.8, 4) is 22.7 Å². The standard InChI is InChI=1S/C16H13N3O3/c20-13-8-6-12(7-9-13)19-16(11-4-2-1-3-5-11)14(17-18-19)10-15(21)22/h1-9,20H,10H2,(H,21,22). The maximum Gasteiger partial charge on any atom is 0.309 e. The smallest absolute Gasteiger partial charge is 0.309 e. The molecule has 2 N–H and O–H groups in total. The highest BCUT2D eigenvalue weighted by Gasteiger charge is 2.18. The molecule has 22 heavy (non-hydrogen) atoms. The van der Waals surface area contributed by atoms with E-state index in [1.807, 2.05) is 30.3 Å². The second-order valence-electron chi connectivity index (χ2n) is 4.75. The Morgan fingerprint density at radius 2 is 1.73 bits per heavy atom. The van der Waals surface area contributed by atoms with Gasteiger partial charge in [0.05, 0.1) is 17.8 Å². The minimum Gasteiger partial charge on any atom is -0.508 e. The van der Waals surface area contributed by atoms with Crippen molar-refractivity contribution in [1.29, 1.82) is 0 Å². The van der Waals surface area contributed by atoms with Crippen molar-refractivity contribution in [1.82, 2.24) is 15.0 Å². The first-order valence-electron chi connectivity index (χ1n) is 6.66. The van der Waals surface area contributed by atoms with Gasteiger partial charge in [0.25, 0.3) is 0 Å². The first-order chi connectivity index (χ1) is 10.6. The summed E-state index contributed by atoms with van der Waals surface area (Å²) >= 11 is 0. The predicted molar refractivity (Wildman–Crippen MR) is 79.8 cm³/mol. The number of aromatic nitrogens is 3. The molecule has 0 atom stereocenters. The fraction of sp³-hybridized carbons (Fsp3) is 0.0625. The first-order valence-corrected chi connectivity index (χ1v) is 6.66. The highest BCUT2D eigenvalue weighted by atomic mass is 16.4. The minimum absolute atomic E-state index is 0.149. The van der Waals surface area contributed by atoms with Gasteiger partial charge in [-0.3, -0.25) is 4.79 Å². The van der Waals surface area contributed by atoms with Crippen LogP contribution < -0.4 is 0 Å². The van der Waals surface area contributed by atoms with Crippen molar-refractivity contribution >= 4 is 5.97 Å². The Morgan fingerprint density at radius 1 is 1.05 bits per heavy atom. The van der Waals surface area contributed by atoms with Crippen molar-refractivity contribution in [3.63, 3.8) is 0 Å². The molecule has 2 aromatic carbocycles. The summed E-state index contributed by atoms with van der Waals surface area (Å²) in [6, 6.07) is 15.9. The van der Waals surface area contributed by atoms with Crippen LogP contribution in [0.3, 0.4) is 0 Å². The molecular formula is C16H13N3O3. The number of hydrogen-bond acceptors (Lipinski definition) is 4. The molecule has 1 heterocycles. The quantitative estimate of drug-likeness (QED) is 0.770. The monoisotopic (exact) mass is 295 g/mol. The summed E-state index contributed by atoms with van der Waals surface area (Å²) in [5.41, 5.74) is 2.55. The summed E-state index contributed by atoms with van der Waals surface area (Å²) in [4.78, 5) is 11.0. The minimum atomic E-state index is -0.963. The molecule has 0 bridgehead atoms. The molecule has 0 aliphatic carbocycles. The summed E-state index contributed by atoms with van der Waals surface area (Å²) in [7, 11) is 0. The van der Waals surface area contributed by atoms with Crippen molar-refractivity contribution in [2.45, 2.75) is 6.42 Å². The van der Waals surface area contributed by atoms with E-state index in [0.29, 0.717) is 17.1 Å². The number of phenols is 1. The first kappa shape index (κ1) is 13.8. The van der Waals surface area contributed by atoms with Gasteiger partial charge in [0.15, 0.2) is 0 Å². The summed E-state index contributed by atoms with van der Waals surface area (Å²) in [5, 5.41) is 26.5. The lowest BCUT2D eigenvalue weighted by molar-refractivity contribution is -0.136. The number of carboxylic acids is 1. The van der Waals surface area contributed by atoms with Gasteiger partial charge in [-0.25, -0.2) is 4.68 Å². The molecule has 0 unspecified atom stereocenters. The molecule has 1 aromatic heterocycles. The van der Waals surface area contributed by atoms with Crippen LogP contribution in [0, 0.1) is 0 Å². The highest BCUT2D eigenvalue weighted by molar-refractivity contribution is 5.74. The van der Waals surface area contributed by atoms with E-state index in [1.54, 1.807) is 28.9 Å². The average Bonchev–Trinajstić information content (AvgIpc) is 2.91.